The molecule has 3 aromatic carbocycles. The van der Waals surface area contributed by atoms with Crippen LogP contribution in [0.25, 0.3) is 11.1 Å². The lowest BCUT2D eigenvalue weighted by atomic mass is 10.0. The molecule has 0 unspecified atom stereocenters. The molecule has 0 spiro atoms. The van der Waals surface area contributed by atoms with Gasteiger partial charge in [-0.05, 0) is 29.8 Å². The predicted octanol–water partition coefficient (Wildman–Crippen LogP) is 3.94. The molecule has 0 aliphatic carbocycles. The van der Waals surface area contributed by atoms with E-state index in [-0.39, 0.29) is 10.5 Å². The minimum Gasteiger partial charge on any atom is -0.465 e. The van der Waals surface area contributed by atoms with Crippen LogP contribution in [0, 0.1) is 0 Å². The van der Waals surface area contributed by atoms with Gasteiger partial charge in [-0.15, -0.1) is 0 Å². The highest BCUT2D eigenvalue weighted by molar-refractivity contribution is 7.92. The number of nitrogens with one attached hydrogen (secondary N) is 1. The first-order valence-corrected chi connectivity index (χ1v) is 9.35. The second-order valence-corrected chi connectivity index (χ2v) is 7.22. The lowest BCUT2D eigenvalue weighted by molar-refractivity contribution is 0.0600. The molecule has 132 valence electrons. The van der Waals surface area contributed by atoms with Gasteiger partial charge in [0.2, 0.25) is 0 Å². The van der Waals surface area contributed by atoms with Crippen LogP contribution in [0.15, 0.2) is 83.8 Å². The molecule has 0 aliphatic heterocycles. The van der Waals surface area contributed by atoms with Crippen LogP contribution in [0.1, 0.15) is 10.4 Å². The molecule has 0 saturated heterocycles. The maximum absolute atomic E-state index is 12.8. The van der Waals surface area contributed by atoms with E-state index in [4.69, 9.17) is 0 Å². The molecule has 26 heavy (non-hydrogen) atoms. The standard InChI is InChI=1S/C20H17NO4S/c1-25-20(22)16-10-7-11-17(14-16)26(23,24)21-19-13-6-5-12-18(19)15-8-3-2-4-9-15/h2-14,21H,1H3. The Morgan fingerprint density at radius 3 is 2.31 bits per heavy atom. The van der Waals surface area contributed by atoms with Crippen molar-refractivity contribution in [2.45, 2.75) is 4.90 Å². The number of rotatable bonds is 5. The van der Waals surface area contributed by atoms with E-state index >= 15 is 0 Å². The van der Waals surface area contributed by atoms with Gasteiger partial charge >= 0.3 is 5.97 Å². The van der Waals surface area contributed by atoms with Crippen molar-refractivity contribution in [3.8, 4) is 11.1 Å². The van der Waals surface area contributed by atoms with Crippen LogP contribution in [0.2, 0.25) is 0 Å². The lowest BCUT2D eigenvalue weighted by Crippen LogP contribution is -2.14. The fourth-order valence-corrected chi connectivity index (χ4v) is 3.68. The number of carbonyl (C=O) groups excluding carboxylic acids is 1. The van der Waals surface area contributed by atoms with Crippen LogP contribution in [0.4, 0.5) is 5.69 Å². The Hall–Kier alpha value is -3.12. The minimum atomic E-state index is -3.87. The van der Waals surface area contributed by atoms with E-state index < -0.39 is 16.0 Å². The Morgan fingerprint density at radius 2 is 1.58 bits per heavy atom. The molecular weight excluding hydrogens is 350 g/mol. The van der Waals surface area contributed by atoms with Gasteiger partial charge in [0, 0.05) is 5.56 Å². The van der Waals surface area contributed by atoms with Gasteiger partial charge in [0.15, 0.2) is 0 Å². The van der Waals surface area contributed by atoms with Crippen molar-refractivity contribution >= 4 is 21.7 Å². The highest BCUT2D eigenvalue weighted by Gasteiger charge is 2.18. The monoisotopic (exact) mass is 367 g/mol. The third-order valence-corrected chi connectivity index (χ3v) is 5.18. The van der Waals surface area contributed by atoms with Gasteiger partial charge < -0.3 is 4.74 Å². The Balaban J connectivity index is 1.98. The number of sulfonamides is 1. The van der Waals surface area contributed by atoms with Crippen LogP contribution in [-0.4, -0.2) is 21.5 Å². The molecule has 0 bridgehead atoms. The number of benzene rings is 3. The van der Waals surface area contributed by atoms with Crippen molar-refractivity contribution in [3.63, 3.8) is 0 Å². The van der Waals surface area contributed by atoms with Crippen molar-refractivity contribution in [1.82, 2.24) is 0 Å². The van der Waals surface area contributed by atoms with Crippen LogP contribution in [0.5, 0.6) is 0 Å². The fraction of sp³-hybridized carbons (Fsp3) is 0.0500. The van der Waals surface area contributed by atoms with Gasteiger partial charge in [0.1, 0.15) is 0 Å². The number of carbonyl (C=O) groups is 1. The summed E-state index contributed by atoms with van der Waals surface area (Å²) < 4.78 is 32.8. The number of ether oxygens (including phenoxy) is 1. The van der Waals surface area contributed by atoms with Gasteiger partial charge in [-0.1, -0.05) is 54.6 Å². The summed E-state index contributed by atoms with van der Waals surface area (Å²) in [5, 5.41) is 0. The number of hydrogen-bond acceptors (Lipinski definition) is 4. The minimum absolute atomic E-state index is 0.0109. The number of methoxy groups -OCH3 is 1. The first-order chi connectivity index (χ1) is 12.5. The zero-order valence-corrected chi connectivity index (χ0v) is 14.9. The van der Waals surface area contributed by atoms with Gasteiger partial charge in [0.25, 0.3) is 10.0 Å². The Labute approximate surface area is 152 Å². The zero-order chi connectivity index (χ0) is 18.6. The molecule has 0 aliphatic rings. The van der Waals surface area contributed by atoms with Crippen LogP contribution < -0.4 is 4.72 Å². The molecule has 3 rings (SSSR count). The molecule has 6 heteroatoms. The maximum Gasteiger partial charge on any atom is 0.337 e. The fourth-order valence-electron chi connectivity index (χ4n) is 2.55. The lowest BCUT2D eigenvalue weighted by Gasteiger charge is -2.13. The van der Waals surface area contributed by atoms with E-state index in [9.17, 15) is 13.2 Å². The summed E-state index contributed by atoms with van der Waals surface area (Å²) in [4.78, 5) is 11.6. The Kier molecular flexibility index (Phi) is 5.04. The second-order valence-electron chi connectivity index (χ2n) is 5.54. The van der Waals surface area contributed by atoms with Gasteiger partial charge in [-0.25, -0.2) is 13.2 Å². The average molecular weight is 367 g/mol. The Bertz CT molecular complexity index is 1030. The number of hydrogen-bond donors (Lipinski definition) is 1. The molecule has 3 aromatic rings. The maximum atomic E-state index is 12.8. The van der Waals surface area contributed by atoms with E-state index in [0.29, 0.717) is 5.69 Å². The van der Waals surface area contributed by atoms with E-state index in [1.54, 1.807) is 12.1 Å². The first kappa shape index (κ1) is 17.7. The van der Waals surface area contributed by atoms with Crippen molar-refractivity contribution < 1.29 is 17.9 Å². The molecule has 0 radical (unpaired) electrons. The predicted molar refractivity (Wildman–Crippen MR) is 100 cm³/mol. The molecule has 0 saturated carbocycles. The summed E-state index contributed by atoms with van der Waals surface area (Å²) >= 11 is 0. The van der Waals surface area contributed by atoms with E-state index in [1.165, 1.54) is 31.4 Å². The molecule has 0 atom stereocenters. The van der Waals surface area contributed by atoms with Gasteiger partial charge in [-0.2, -0.15) is 0 Å². The molecule has 0 amide bonds. The number of esters is 1. The van der Waals surface area contributed by atoms with Crippen molar-refractivity contribution in [1.29, 1.82) is 0 Å². The summed E-state index contributed by atoms with van der Waals surface area (Å²) in [7, 11) is -2.62. The SMILES string of the molecule is COC(=O)c1cccc(S(=O)(=O)Nc2ccccc2-c2ccccc2)c1. The summed E-state index contributed by atoms with van der Waals surface area (Å²) in [6, 6.07) is 22.4. The number of anilines is 1. The quantitative estimate of drug-likeness (QED) is 0.693. The zero-order valence-electron chi connectivity index (χ0n) is 14.0. The summed E-state index contributed by atoms with van der Waals surface area (Å²) in [5.74, 6) is -0.591. The molecule has 0 fully saturated rings. The summed E-state index contributed by atoms with van der Waals surface area (Å²) in [6.07, 6.45) is 0. The second kappa shape index (κ2) is 7.41. The highest BCUT2D eigenvalue weighted by atomic mass is 32.2. The normalized spacial score (nSPS) is 11.0. The van der Waals surface area contributed by atoms with Gasteiger partial charge in [-0.3, -0.25) is 4.72 Å². The summed E-state index contributed by atoms with van der Waals surface area (Å²) in [6.45, 7) is 0. The topological polar surface area (TPSA) is 72.5 Å². The van der Waals surface area contributed by atoms with Crippen LogP contribution in [-0.2, 0) is 14.8 Å². The van der Waals surface area contributed by atoms with Crippen LogP contribution >= 0.6 is 0 Å². The summed E-state index contributed by atoms with van der Waals surface area (Å²) in [5.41, 5.74) is 2.30. The first-order valence-electron chi connectivity index (χ1n) is 7.87. The molecular formula is C20H17NO4S. The smallest absolute Gasteiger partial charge is 0.337 e. The van der Waals surface area contributed by atoms with Crippen LogP contribution in [0.3, 0.4) is 0 Å². The van der Waals surface area contributed by atoms with E-state index in [2.05, 4.69) is 9.46 Å². The number of para-hydroxylation sites is 1. The third-order valence-electron chi connectivity index (χ3n) is 3.82. The molecule has 5 nitrogen and oxygen atoms in total. The van der Waals surface area contributed by atoms with Crippen molar-refractivity contribution in [2.24, 2.45) is 0 Å². The van der Waals surface area contributed by atoms with Gasteiger partial charge in [0.05, 0.1) is 23.3 Å². The van der Waals surface area contributed by atoms with Crippen molar-refractivity contribution in [2.75, 3.05) is 11.8 Å². The molecule has 1 N–H and O–H groups in total. The third kappa shape index (κ3) is 3.75. The molecule has 0 aromatic heterocycles. The van der Waals surface area contributed by atoms with Crippen molar-refractivity contribution in [3.05, 3.63) is 84.4 Å². The van der Waals surface area contributed by atoms with E-state index in [1.807, 2.05) is 42.5 Å². The Morgan fingerprint density at radius 1 is 0.885 bits per heavy atom. The molecule has 0 heterocycles. The largest absolute Gasteiger partial charge is 0.465 e. The van der Waals surface area contributed by atoms with E-state index in [0.717, 1.165) is 11.1 Å². The highest BCUT2D eigenvalue weighted by Crippen LogP contribution is 2.29. The average Bonchev–Trinajstić information content (AvgIpc) is 2.68.